The molecular formula is C15H20N2O. The van der Waals surface area contributed by atoms with Gasteiger partial charge in [0.05, 0.1) is 6.54 Å². The van der Waals surface area contributed by atoms with Crippen molar-refractivity contribution in [2.45, 2.75) is 26.4 Å². The van der Waals surface area contributed by atoms with E-state index in [-0.39, 0.29) is 0 Å². The molecule has 0 unspecified atom stereocenters. The largest absolute Gasteiger partial charge is 0.465 e. The van der Waals surface area contributed by atoms with Crippen LogP contribution in [0.3, 0.4) is 0 Å². The van der Waals surface area contributed by atoms with Crippen molar-refractivity contribution in [2.24, 2.45) is 5.73 Å². The molecule has 2 rings (SSSR count). The van der Waals surface area contributed by atoms with E-state index in [1.165, 1.54) is 11.1 Å². The fraction of sp³-hybridized carbons (Fsp3) is 0.333. The zero-order valence-electron chi connectivity index (χ0n) is 10.8. The Balaban J connectivity index is 1.79. The third-order valence-electron chi connectivity index (χ3n) is 2.88. The second-order valence-electron chi connectivity index (χ2n) is 4.47. The van der Waals surface area contributed by atoms with E-state index < -0.39 is 0 Å². The molecule has 1 aromatic heterocycles. The quantitative estimate of drug-likeness (QED) is 0.820. The summed E-state index contributed by atoms with van der Waals surface area (Å²) < 4.78 is 5.50. The van der Waals surface area contributed by atoms with E-state index in [9.17, 15) is 0 Å². The van der Waals surface area contributed by atoms with E-state index in [1.807, 2.05) is 19.1 Å². The summed E-state index contributed by atoms with van der Waals surface area (Å²) in [6.45, 7) is 4.27. The van der Waals surface area contributed by atoms with E-state index in [2.05, 4.69) is 29.6 Å². The zero-order chi connectivity index (χ0) is 12.8. The van der Waals surface area contributed by atoms with Crippen molar-refractivity contribution >= 4 is 0 Å². The number of hydrogen-bond donors (Lipinski definition) is 2. The summed E-state index contributed by atoms with van der Waals surface area (Å²) in [6.07, 6.45) is 0.944. The van der Waals surface area contributed by atoms with E-state index in [1.54, 1.807) is 0 Å². The highest BCUT2D eigenvalue weighted by molar-refractivity contribution is 5.22. The molecule has 18 heavy (non-hydrogen) atoms. The maximum absolute atomic E-state index is 5.52. The van der Waals surface area contributed by atoms with Crippen LogP contribution in [0.1, 0.15) is 22.6 Å². The van der Waals surface area contributed by atoms with Crippen LogP contribution in [-0.4, -0.2) is 6.54 Å². The average molecular weight is 244 g/mol. The van der Waals surface area contributed by atoms with E-state index in [4.69, 9.17) is 10.2 Å². The van der Waals surface area contributed by atoms with Gasteiger partial charge in [-0.25, -0.2) is 0 Å². The van der Waals surface area contributed by atoms with Crippen LogP contribution in [0.5, 0.6) is 0 Å². The van der Waals surface area contributed by atoms with Gasteiger partial charge in [-0.15, -0.1) is 0 Å². The van der Waals surface area contributed by atoms with E-state index >= 15 is 0 Å². The van der Waals surface area contributed by atoms with Crippen molar-refractivity contribution in [3.63, 3.8) is 0 Å². The lowest BCUT2D eigenvalue weighted by Crippen LogP contribution is -2.12. The summed E-state index contributed by atoms with van der Waals surface area (Å²) in [5.74, 6) is 1.94. The normalized spacial score (nSPS) is 10.8. The number of benzene rings is 1. The van der Waals surface area contributed by atoms with Crippen molar-refractivity contribution in [1.29, 1.82) is 0 Å². The predicted octanol–water partition coefficient (Wildman–Crippen LogP) is 2.38. The van der Waals surface area contributed by atoms with Gasteiger partial charge in [0.25, 0.3) is 0 Å². The molecule has 0 spiro atoms. The van der Waals surface area contributed by atoms with Crippen LogP contribution < -0.4 is 11.1 Å². The first kappa shape index (κ1) is 12.9. The predicted molar refractivity (Wildman–Crippen MR) is 73.2 cm³/mol. The van der Waals surface area contributed by atoms with Gasteiger partial charge in [-0.05, 0) is 43.1 Å². The lowest BCUT2D eigenvalue weighted by atomic mass is 10.1. The molecule has 0 aliphatic carbocycles. The van der Waals surface area contributed by atoms with Gasteiger partial charge in [-0.3, -0.25) is 0 Å². The van der Waals surface area contributed by atoms with Crippen molar-refractivity contribution in [1.82, 2.24) is 5.32 Å². The molecule has 2 aromatic rings. The summed E-state index contributed by atoms with van der Waals surface area (Å²) in [5.41, 5.74) is 8.09. The maximum atomic E-state index is 5.52. The Morgan fingerprint density at radius 1 is 1.00 bits per heavy atom. The van der Waals surface area contributed by atoms with Gasteiger partial charge < -0.3 is 15.5 Å². The highest BCUT2D eigenvalue weighted by Gasteiger charge is 1.98. The number of nitrogens with one attached hydrogen (secondary N) is 1. The van der Waals surface area contributed by atoms with E-state index in [0.717, 1.165) is 31.0 Å². The summed E-state index contributed by atoms with van der Waals surface area (Å²) in [4.78, 5) is 0. The van der Waals surface area contributed by atoms with E-state index in [0.29, 0.717) is 6.54 Å². The smallest absolute Gasteiger partial charge is 0.117 e. The molecule has 0 saturated heterocycles. The first-order chi connectivity index (χ1) is 8.78. The lowest BCUT2D eigenvalue weighted by molar-refractivity contribution is 0.461. The molecule has 1 aromatic carbocycles. The second kappa shape index (κ2) is 6.38. The molecule has 3 nitrogen and oxygen atoms in total. The SMILES string of the molecule is Cc1ccc(CNCc2ccc(CCN)cc2)o1. The monoisotopic (exact) mass is 244 g/mol. The molecule has 0 fully saturated rings. The minimum absolute atomic E-state index is 0.704. The van der Waals surface area contributed by atoms with Gasteiger partial charge in [0.2, 0.25) is 0 Å². The number of aryl methyl sites for hydroxylation is 1. The minimum Gasteiger partial charge on any atom is -0.465 e. The van der Waals surface area contributed by atoms with Crippen molar-refractivity contribution in [2.75, 3.05) is 6.54 Å². The molecule has 0 bridgehead atoms. The Hall–Kier alpha value is -1.58. The molecule has 0 amide bonds. The standard InChI is InChI=1S/C15H20N2O/c1-12-2-7-15(18-12)11-17-10-14-5-3-13(4-6-14)8-9-16/h2-7,17H,8-11,16H2,1H3. The van der Waals surface area contributed by atoms with Crippen LogP contribution in [0.15, 0.2) is 40.8 Å². The lowest BCUT2D eigenvalue weighted by Gasteiger charge is -2.04. The molecule has 0 aliphatic rings. The fourth-order valence-corrected chi connectivity index (χ4v) is 1.90. The average Bonchev–Trinajstić information content (AvgIpc) is 2.78. The number of nitrogens with two attached hydrogens (primary N) is 1. The van der Waals surface area contributed by atoms with Crippen LogP contribution in [0.2, 0.25) is 0 Å². The maximum Gasteiger partial charge on any atom is 0.117 e. The molecule has 0 radical (unpaired) electrons. The number of hydrogen-bond acceptors (Lipinski definition) is 3. The molecule has 96 valence electrons. The molecule has 0 aliphatic heterocycles. The number of furan rings is 1. The van der Waals surface area contributed by atoms with Crippen molar-refractivity contribution < 1.29 is 4.42 Å². The Bertz CT molecular complexity index is 473. The highest BCUT2D eigenvalue weighted by Crippen LogP contribution is 2.07. The van der Waals surface area contributed by atoms with Crippen LogP contribution in [-0.2, 0) is 19.5 Å². The molecule has 3 heteroatoms. The van der Waals surface area contributed by atoms with Gasteiger partial charge in [-0.2, -0.15) is 0 Å². The fourth-order valence-electron chi connectivity index (χ4n) is 1.90. The zero-order valence-corrected chi connectivity index (χ0v) is 10.8. The molecule has 1 heterocycles. The van der Waals surface area contributed by atoms with Gasteiger partial charge in [0.15, 0.2) is 0 Å². The summed E-state index contributed by atoms with van der Waals surface area (Å²) in [5, 5.41) is 3.36. The van der Waals surface area contributed by atoms with Crippen molar-refractivity contribution in [3.05, 3.63) is 59.0 Å². The minimum atomic E-state index is 0.704. The molecule has 0 saturated carbocycles. The summed E-state index contributed by atoms with van der Waals surface area (Å²) >= 11 is 0. The van der Waals surface area contributed by atoms with Gasteiger partial charge in [-0.1, -0.05) is 24.3 Å². The molecule has 3 N–H and O–H groups in total. The molecule has 0 atom stereocenters. The summed E-state index contributed by atoms with van der Waals surface area (Å²) in [7, 11) is 0. The Morgan fingerprint density at radius 2 is 1.72 bits per heavy atom. The summed E-state index contributed by atoms with van der Waals surface area (Å²) in [6, 6.07) is 12.6. The van der Waals surface area contributed by atoms with Gasteiger partial charge in [0, 0.05) is 6.54 Å². The highest BCUT2D eigenvalue weighted by atomic mass is 16.3. The Kier molecular flexibility index (Phi) is 4.56. The first-order valence-electron chi connectivity index (χ1n) is 6.32. The third-order valence-corrected chi connectivity index (χ3v) is 2.88. The van der Waals surface area contributed by atoms with Crippen LogP contribution in [0.4, 0.5) is 0 Å². The van der Waals surface area contributed by atoms with Gasteiger partial charge in [0.1, 0.15) is 11.5 Å². The second-order valence-corrected chi connectivity index (χ2v) is 4.47. The van der Waals surface area contributed by atoms with Crippen LogP contribution >= 0.6 is 0 Å². The number of rotatable bonds is 6. The topological polar surface area (TPSA) is 51.2 Å². The molecular weight excluding hydrogens is 224 g/mol. The van der Waals surface area contributed by atoms with Crippen LogP contribution in [0.25, 0.3) is 0 Å². The van der Waals surface area contributed by atoms with Gasteiger partial charge >= 0.3 is 0 Å². The third kappa shape index (κ3) is 3.72. The van der Waals surface area contributed by atoms with Crippen molar-refractivity contribution in [3.8, 4) is 0 Å². The Morgan fingerprint density at radius 3 is 2.33 bits per heavy atom. The van der Waals surface area contributed by atoms with Crippen LogP contribution in [0, 0.1) is 6.92 Å². The Labute approximate surface area is 108 Å². The first-order valence-corrected chi connectivity index (χ1v) is 6.32.